The summed E-state index contributed by atoms with van der Waals surface area (Å²) in [5.41, 5.74) is 0.575. The van der Waals surface area contributed by atoms with Crippen molar-refractivity contribution in [3.8, 4) is 5.75 Å². The maximum atomic E-state index is 12.9. The minimum Gasteiger partial charge on any atom is -0.483 e. The fourth-order valence-corrected chi connectivity index (χ4v) is 3.57. The predicted molar refractivity (Wildman–Crippen MR) is 116 cm³/mol. The van der Waals surface area contributed by atoms with Crippen molar-refractivity contribution in [2.45, 2.75) is 0 Å². The summed E-state index contributed by atoms with van der Waals surface area (Å²) in [5, 5.41) is 7.45. The highest BCUT2D eigenvalue weighted by Crippen LogP contribution is 2.34. The van der Waals surface area contributed by atoms with Crippen molar-refractivity contribution in [2.75, 3.05) is 11.9 Å². The van der Waals surface area contributed by atoms with Crippen molar-refractivity contribution in [1.82, 2.24) is 5.32 Å². The summed E-state index contributed by atoms with van der Waals surface area (Å²) < 4.78 is 20.2. The predicted octanol–water partition coefficient (Wildman–Crippen LogP) is 5.40. The molecule has 0 atom stereocenters. The van der Waals surface area contributed by atoms with Crippen LogP contribution in [-0.4, -0.2) is 17.6 Å². The molecule has 0 saturated heterocycles. The van der Waals surface area contributed by atoms with Gasteiger partial charge in [-0.05, 0) is 81.4 Å². The third-order valence-electron chi connectivity index (χ3n) is 3.59. The van der Waals surface area contributed by atoms with Gasteiger partial charge in [-0.25, -0.2) is 4.39 Å². The molecule has 0 aliphatic carbocycles. The van der Waals surface area contributed by atoms with Crippen LogP contribution < -0.4 is 15.4 Å². The lowest BCUT2D eigenvalue weighted by molar-refractivity contribution is -0.121. The Bertz CT molecular complexity index is 1010. The molecule has 0 fully saturated rings. The van der Waals surface area contributed by atoms with E-state index in [4.69, 9.17) is 17.0 Å². The van der Waals surface area contributed by atoms with Gasteiger partial charge in [-0.1, -0.05) is 28.1 Å². The van der Waals surface area contributed by atoms with Crippen LogP contribution in [0.4, 0.5) is 10.1 Å². The molecule has 0 aliphatic heterocycles. The maximum absolute atomic E-state index is 12.9. The molecule has 138 valence electrons. The van der Waals surface area contributed by atoms with E-state index in [-0.39, 0.29) is 17.5 Å². The molecule has 0 radical (unpaired) electrons. The summed E-state index contributed by atoms with van der Waals surface area (Å²) in [4.78, 5) is 12.0. The van der Waals surface area contributed by atoms with Crippen LogP contribution in [0.25, 0.3) is 10.8 Å². The highest BCUT2D eigenvalue weighted by atomic mass is 79.9. The summed E-state index contributed by atoms with van der Waals surface area (Å²) in [6, 6.07) is 15.2. The van der Waals surface area contributed by atoms with E-state index in [0.717, 1.165) is 19.7 Å². The van der Waals surface area contributed by atoms with Crippen LogP contribution in [0.3, 0.4) is 0 Å². The normalized spacial score (nSPS) is 10.5. The Morgan fingerprint density at radius 2 is 1.81 bits per heavy atom. The van der Waals surface area contributed by atoms with Crippen molar-refractivity contribution in [3.63, 3.8) is 0 Å². The molecule has 0 bridgehead atoms. The van der Waals surface area contributed by atoms with Gasteiger partial charge in [-0.2, -0.15) is 0 Å². The van der Waals surface area contributed by atoms with Gasteiger partial charge in [-0.15, -0.1) is 0 Å². The number of nitrogens with one attached hydrogen (secondary N) is 2. The number of ether oxygens (including phenoxy) is 1. The van der Waals surface area contributed by atoms with E-state index in [9.17, 15) is 9.18 Å². The van der Waals surface area contributed by atoms with Crippen LogP contribution in [0, 0.1) is 5.82 Å². The van der Waals surface area contributed by atoms with Gasteiger partial charge in [0, 0.05) is 10.2 Å². The van der Waals surface area contributed by atoms with Crippen LogP contribution in [0.1, 0.15) is 0 Å². The zero-order valence-corrected chi connectivity index (χ0v) is 17.8. The van der Waals surface area contributed by atoms with Gasteiger partial charge in [0.15, 0.2) is 11.7 Å². The van der Waals surface area contributed by atoms with Gasteiger partial charge >= 0.3 is 0 Å². The third kappa shape index (κ3) is 5.24. The molecule has 1 amide bonds. The molecule has 8 heteroatoms. The van der Waals surface area contributed by atoms with E-state index in [1.165, 1.54) is 24.3 Å². The number of fused-ring (bicyclic) bond motifs is 1. The van der Waals surface area contributed by atoms with Crippen molar-refractivity contribution in [2.24, 2.45) is 0 Å². The first kappa shape index (κ1) is 19.7. The lowest BCUT2D eigenvalue weighted by Gasteiger charge is -2.12. The van der Waals surface area contributed by atoms with Gasteiger partial charge in [-0.3, -0.25) is 10.1 Å². The largest absolute Gasteiger partial charge is 0.483 e. The summed E-state index contributed by atoms with van der Waals surface area (Å²) in [5.74, 6) is -0.202. The monoisotopic (exact) mass is 510 g/mol. The number of carbonyl (C=O) groups excluding carboxylic acids is 1. The lowest BCUT2D eigenvalue weighted by atomic mass is 10.1. The first-order chi connectivity index (χ1) is 12.9. The Hall–Kier alpha value is -2.03. The maximum Gasteiger partial charge on any atom is 0.264 e. The number of anilines is 1. The number of halogens is 3. The summed E-state index contributed by atoms with van der Waals surface area (Å²) in [6.07, 6.45) is 0. The number of hydrogen-bond donors (Lipinski definition) is 2. The van der Waals surface area contributed by atoms with Gasteiger partial charge in [0.25, 0.3) is 5.91 Å². The number of amides is 1. The molecule has 0 heterocycles. The second-order valence-corrected chi connectivity index (χ2v) is 7.66. The topological polar surface area (TPSA) is 50.4 Å². The molecule has 0 spiro atoms. The molecule has 0 unspecified atom stereocenters. The molecule has 0 aromatic heterocycles. The Morgan fingerprint density at radius 1 is 1.07 bits per heavy atom. The molecule has 0 saturated carbocycles. The van der Waals surface area contributed by atoms with Gasteiger partial charge in [0.1, 0.15) is 11.6 Å². The zero-order chi connectivity index (χ0) is 19.4. The van der Waals surface area contributed by atoms with E-state index in [1.807, 2.05) is 24.3 Å². The van der Waals surface area contributed by atoms with Crippen LogP contribution in [-0.2, 0) is 4.79 Å². The highest BCUT2D eigenvalue weighted by molar-refractivity contribution is 9.11. The van der Waals surface area contributed by atoms with Crippen LogP contribution in [0.2, 0.25) is 0 Å². The average molecular weight is 512 g/mol. The molecule has 4 nitrogen and oxygen atoms in total. The average Bonchev–Trinajstić information content (AvgIpc) is 2.63. The van der Waals surface area contributed by atoms with Crippen molar-refractivity contribution >= 4 is 71.6 Å². The Labute approximate surface area is 177 Å². The molecule has 2 N–H and O–H groups in total. The van der Waals surface area contributed by atoms with E-state index in [2.05, 4.69) is 42.5 Å². The third-order valence-corrected chi connectivity index (χ3v) is 5.11. The molecular weight excluding hydrogens is 499 g/mol. The Morgan fingerprint density at radius 3 is 2.56 bits per heavy atom. The first-order valence-corrected chi connectivity index (χ1v) is 9.79. The van der Waals surface area contributed by atoms with E-state index in [0.29, 0.717) is 11.4 Å². The first-order valence-electron chi connectivity index (χ1n) is 7.79. The number of thiocarbonyl (C=S) groups is 1. The fourth-order valence-electron chi connectivity index (χ4n) is 2.36. The summed E-state index contributed by atoms with van der Waals surface area (Å²) in [7, 11) is 0. The fraction of sp³-hybridized carbons (Fsp3) is 0.0526. The Kier molecular flexibility index (Phi) is 6.41. The molecule has 3 rings (SSSR count). The molecule has 0 aliphatic rings. The highest BCUT2D eigenvalue weighted by Gasteiger charge is 2.10. The molecule has 27 heavy (non-hydrogen) atoms. The van der Waals surface area contributed by atoms with Crippen LogP contribution >= 0.6 is 44.1 Å². The lowest BCUT2D eigenvalue weighted by Crippen LogP contribution is -2.37. The van der Waals surface area contributed by atoms with E-state index >= 15 is 0 Å². The number of carbonyl (C=O) groups is 1. The molecule has 3 aromatic rings. The Balaban J connectivity index is 1.58. The quantitative estimate of drug-likeness (QED) is 0.461. The van der Waals surface area contributed by atoms with Gasteiger partial charge in [0.2, 0.25) is 0 Å². The van der Waals surface area contributed by atoms with Crippen molar-refractivity contribution in [3.05, 3.63) is 69.4 Å². The number of benzene rings is 3. The molecule has 3 aromatic carbocycles. The second-order valence-electron chi connectivity index (χ2n) is 5.54. The zero-order valence-electron chi connectivity index (χ0n) is 13.8. The number of rotatable bonds is 4. The number of hydrogen-bond acceptors (Lipinski definition) is 3. The minimum absolute atomic E-state index is 0.109. The van der Waals surface area contributed by atoms with Crippen LogP contribution in [0.5, 0.6) is 5.75 Å². The standard InChI is InChI=1S/C19H13Br2FN2O2S/c20-12-2-7-15-11(9-12)1-8-16(18(15)21)26-10-17(25)24-19(27)23-14-5-3-13(22)4-6-14/h1-9H,10H2,(H2,23,24,25,27). The summed E-state index contributed by atoms with van der Waals surface area (Å²) >= 11 is 12.0. The minimum atomic E-state index is -0.405. The van der Waals surface area contributed by atoms with Gasteiger partial charge in [0.05, 0.1) is 4.47 Å². The summed E-state index contributed by atoms with van der Waals surface area (Å²) in [6.45, 7) is -0.203. The van der Waals surface area contributed by atoms with Crippen LogP contribution in [0.15, 0.2) is 63.5 Å². The molecular formula is C19H13Br2FN2O2S. The van der Waals surface area contributed by atoms with Crippen molar-refractivity contribution < 1.29 is 13.9 Å². The SMILES string of the molecule is O=C(COc1ccc2cc(Br)ccc2c1Br)NC(=S)Nc1ccc(F)cc1. The second kappa shape index (κ2) is 8.77. The smallest absolute Gasteiger partial charge is 0.264 e. The van der Waals surface area contributed by atoms with Crippen molar-refractivity contribution in [1.29, 1.82) is 0 Å². The van der Waals surface area contributed by atoms with Gasteiger partial charge < -0.3 is 10.1 Å². The van der Waals surface area contributed by atoms with E-state index < -0.39 is 5.91 Å². The van der Waals surface area contributed by atoms with E-state index in [1.54, 1.807) is 6.07 Å².